The zero-order valence-corrected chi connectivity index (χ0v) is 8.41. The largest absolute Gasteiger partial charge is 0.508 e. The molecule has 0 saturated heterocycles. The molecule has 3 rings (SSSR count). The summed E-state index contributed by atoms with van der Waals surface area (Å²) in [5.74, 6) is 0.261. The van der Waals surface area contributed by atoms with Crippen LogP contribution in [0.5, 0.6) is 5.75 Å². The molecule has 2 aromatic heterocycles. The minimum atomic E-state index is 0.261. The van der Waals surface area contributed by atoms with E-state index in [-0.39, 0.29) is 5.75 Å². The summed E-state index contributed by atoms with van der Waals surface area (Å²) >= 11 is 0. The van der Waals surface area contributed by atoms with E-state index in [0.717, 1.165) is 16.8 Å². The first-order valence-electron chi connectivity index (χ1n) is 4.92. The van der Waals surface area contributed by atoms with Gasteiger partial charge in [0.05, 0.1) is 0 Å². The smallest absolute Gasteiger partial charge is 0.161 e. The van der Waals surface area contributed by atoms with Crippen LogP contribution >= 0.6 is 0 Å². The molecule has 0 radical (unpaired) electrons. The average molecular weight is 211 g/mol. The molecule has 16 heavy (non-hydrogen) atoms. The molecule has 4 heteroatoms. The fourth-order valence-electron chi connectivity index (χ4n) is 1.70. The number of rotatable bonds is 1. The second kappa shape index (κ2) is 3.34. The van der Waals surface area contributed by atoms with Crippen LogP contribution in [0, 0.1) is 0 Å². The molecule has 78 valence electrons. The lowest BCUT2D eigenvalue weighted by Gasteiger charge is -2.03. The van der Waals surface area contributed by atoms with Crippen molar-refractivity contribution in [1.82, 2.24) is 14.6 Å². The molecule has 2 heterocycles. The molecule has 0 spiro atoms. The molecule has 4 nitrogen and oxygen atoms in total. The highest BCUT2D eigenvalue weighted by atomic mass is 16.3. The number of fused-ring (bicyclic) bond motifs is 1. The molecule has 0 unspecified atom stereocenters. The number of phenols is 1. The summed E-state index contributed by atoms with van der Waals surface area (Å²) in [5.41, 5.74) is 2.82. The number of hydrogen-bond donors (Lipinski definition) is 1. The van der Waals surface area contributed by atoms with Gasteiger partial charge in [-0.2, -0.15) is 5.10 Å². The molecular weight excluding hydrogens is 202 g/mol. The molecule has 0 amide bonds. The second-order valence-electron chi connectivity index (χ2n) is 3.49. The second-order valence-corrected chi connectivity index (χ2v) is 3.49. The van der Waals surface area contributed by atoms with E-state index >= 15 is 0 Å². The number of aromatic nitrogens is 3. The van der Waals surface area contributed by atoms with Gasteiger partial charge >= 0.3 is 0 Å². The van der Waals surface area contributed by atoms with Gasteiger partial charge in [0.15, 0.2) is 5.65 Å². The van der Waals surface area contributed by atoms with Crippen LogP contribution in [0.1, 0.15) is 0 Å². The van der Waals surface area contributed by atoms with Crippen LogP contribution in [0.3, 0.4) is 0 Å². The first kappa shape index (κ1) is 8.91. The zero-order chi connectivity index (χ0) is 11.0. The van der Waals surface area contributed by atoms with E-state index in [4.69, 9.17) is 0 Å². The third-order valence-corrected chi connectivity index (χ3v) is 2.47. The van der Waals surface area contributed by atoms with Crippen molar-refractivity contribution < 1.29 is 5.11 Å². The summed E-state index contributed by atoms with van der Waals surface area (Å²) in [5, 5.41) is 13.4. The fourth-order valence-corrected chi connectivity index (χ4v) is 1.70. The Balaban J connectivity index is 2.25. The lowest BCUT2D eigenvalue weighted by molar-refractivity contribution is 0.475. The van der Waals surface area contributed by atoms with Crippen LogP contribution in [0.2, 0.25) is 0 Å². The standard InChI is InChI=1S/C12H9N3O/c16-10-3-1-9(2-4-10)11-5-6-14-15-8-7-13-12(11)15/h1-8,16H. The summed E-state index contributed by atoms with van der Waals surface area (Å²) < 4.78 is 1.72. The van der Waals surface area contributed by atoms with E-state index in [9.17, 15) is 5.11 Å². The van der Waals surface area contributed by atoms with Gasteiger partial charge in [0.25, 0.3) is 0 Å². The van der Waals surface area contributed by atoms with Crippen LogP contribution in [0.15, 0.2) is 48.9 Å². The van der Waals surface area contributed by atoms with Gasteiger partial charge < -0.3 is 5.11 Å². The van der Waals surface area contributed by atoms with E-state index in [1.807, 2.05) is 18.2 Å². The number of imidazole rings is 1. The van der Waals surface area contributed by atoms with Crippen molar-refractivity contribution in [2.45, 2.75) is 0 Å². The van der Waals surface area contributed by atoms with Crippen molar-refractivity contribution in [2.75, 3.05) is 0 Å². The SMILES string of the molecule is Oc1ccc(-c2ccnn3ccnc23)cc1. The number of aromatic hydroxyl groups is 1. The minimum Gasteiger partial charge on any atom is -0.508 e. The average Bonchev–Trinajstić information content (AvgIpc) is 2.78. The van der Waals surface area contributed by atoms with Gasteiger partial charge in [0, 0.05) is 24.2 Å². The topological polar surface area (TPSA) is 50.4 Å². The number of benzene rings is 1. The van der Waals surface area contributed by atoms with Crippen LogP contribution in [-0.4, -0.2) is 19.7 Å². The molecular formula is C12H9N3O. The first-order valence-corrected chi connectivity index (χ1v) is 4.92. The zero-order valence-electron chi connectivity index (χ0n) is 8.41. The molecule has 0 bridgehead atoms. The maximum Gasteiger partial charge on any atom is 0.161 e. The Bertz CT molecular complexity index is 628. The van der Waals surface area contributed by atoms with Crippen molar-refractivity contribution in [3.05, 3.63) is 48.9 Å². The van der Waals surface area contributed by atoms with Gasteiger partial charge in [0.1, 0.15) is 5.75 Å². The highest BCUT2D eigenvalue weighted by molar-refractivity contribution is 5.77. The van der Waals surface area contributed by atoms with E-state index in [0.29, 0.717) is 0 Å². The number of nitrogens with zero attached hydrogens (tertiary/aromatic N) is 3. The third kappa shape index (κ3) is 1.32. The third-order valence-electron chi connectivity index (χ3n) is 2.47. The summed E-state index contributed by atoms with van der Waals surface area (Å²) in [6.45, 7) is 0. The molecule has 1 N–H and O–H groups in total. The van der Waals surface area contributed by atoms with Crippen molar-refractivity contribution in [1.29, 1.82) is 0 Å². The fraction of sp³-hybridized carbons (Fsp3) is 0. The minimum absolute atomic E-state index is 0.261. The molecule has 0 atom stereocenters. The molecule has 0 aliphatic heterocycles. The predicted molar refractivity (Wildman–Crippen MR) is 60.1 cm³/mol. The Morgan fingerprint density at radius 1 is 1.00 bits per heavy atom. The Kier molecular flexibility index (Phi) is 1.86. The normalized spacial score (nSPS) is 10.8. The summed E-state index contributed by atoms with van der Waals surface area (Å²) in [6.07, 6.45) is 5.25. The molecule has 0 aliphatic rings. The lowest BCUT2D eigenvalue weighted by atomic mass is 10.1. The maximum atomic E-state index is 9.24. The monoisotopic (exact) mass is 211 g/mol. The summed E-state index contributed by atoms with van der Waals surface area (Å²) in [4.78, 5) is 4.26. The number of hydrogen-bond acceptors (Lipinski definition) is 3. The van der Waals surface area contributed by atoms with Crippen molar-refractivity contribution in [3.63, 3.8) is 0 Å². The van der Waals surface area contributed by atoms with Crippen LogP contribution in [0.4, 0.5) is 0 Å². The Hall–Kier alpha value is -2.36. The lowest BCUT2D eigenvalue weighted by Crippen LogP contribution is -1.91. The van der Waals surface area contributed by atoms with Crippen molar-refractivity contribution in [3.8, 4) is 16.9 Å². The van der Waals surface area contributed by atoms with Gasteiger partial charge in [-0.3, -0.25) is 0 Å². The predicted octanol–water partition coefficient (Wildman–Crippen LogP) is 2.10. The Morgan fingerprint density at radius 2 is 1.81 bits per heavy atom. The van der Waals surface area contributed by atoms with Crippen LogP contribution in [-0.2, 0) is 0 Å². The maximum absolute atomic E-state index is 9.24. The van der Waals surface area contributed by atoms with Crippen LogP contribution < -0.4 is 0 Å². The Morgan fingerprint density at radius 3 is 2.62 bits per heavy atom. The first-order chi connectivity index (χ1) is 7.84. The van der Waals surface area contributed by atoms with E-state index in [1.165, 1.54) is 0 Å². The molecule has 0 fully saturated rings. The summed E-state index contributed by atoms with van der Waals surface area (Å²) in [6, 6.07) is 8.96. The van der Waals surface area contributed by atoms with Gasteiger partial charge in [0.2, 0.25) is 0 Å². The van der Waals surface area contributed by atoms with E-state index in [1.54, 1.807) is 35.2 Å². The van der Waals surface area contributed by atoms with Gasteiger partial charge in [-0.15, -0.1) is 0 Å². The molecule has 3 aromatic rings. The molecule has 0 saturated carbocycles. The van der Waals surface area contributed by atoms with E-state index < -0.39 is 0 Å². The van der Waals surface area contributed by atoms with Crippen molar-refractivity contribution >= 4 is 5.65 Å². The molecule has 0 aliphatic carbocycles. The quantitative estimate of drug-likeness (QED) is 0.670. The number of phenolic OH excluding ortho intramolecular Hbond substituents is 1. The summed E-state index contributed by atoms with van der Waals surface area (Å²) in [7, 11) is 0. The van der Waals surface area contributed by atoms with Crippen LogP contribution in [0.25, 0.3) is 16.8 Å². The van der Waals surface area contributed by atoms with Crippen molar-refractivity contribution in [2.24, 2.45) is 0 Å². The molecule has 1 aromatic carbocycles. The highest BCUT2D eigenvalue weighted by Gasteiger charge is 2.05. The van der Waals surface area contributed by atoms with Gasteiger partial charge in [-0.1, -0.05) is 12.1 Å². The Labute approximate surface area is 91.8 Å². The van der Waals surface area contributed by atoms with E-state index in [2.05, 4.69) is 10.1 Å². The van der Waals surface area contributed by atoms with Gasteiger partial charge in [-0.05, 0) is 23.8 Å². The van der Waals surface area contributed by atoms with Gasteiger partial charge in [-0.25, -0.2) is 9.50 Å². The highest BCUT2D eigenvalue weighted by Crippen LogP contribution is 2.24.